The summed E-state index contributed by atoms with van der Waals surface area (Å²) in [6.45, 7) is 0. The lowest BCUT2D eigenvalue weighted by Crippen LogP contribution is -2.50. The van der Waals surface area contributed by atoms with Gasteiger partial charge in [-0.05, 0) is 68.7 Å². The highest BCUT2D eigenvalue weighted by Crippen LogP contribution is 2.33. The van der Waals surface area contributed by atoms with Crippen LogP contribution in [0, 0.1) is 29.1 Å². The van der Waals surface area contributed by atoms with Crippen molar-refractivity contribution in [2.45, 2.75) is 82.3 Å². The number of rotatable bonds is 8. The summed E-state index contributed by atoms with van der Waals surface area (Å²) in [5, 5.41) is 29.6. The Morgan fingerprint density at radius 1 is 0.720 bits per heavy atom. The van der Waals surface area contributed by atoms with Gasteiger partial charge in [0.1, 0.15) is 17.4 Å². The van der Waals surface area contributed by atoms with E-state index in [4.69, 9.17) is 0 Å². The monoisotopic (exact) mass is 678 g/mol. The Kier molecular flexibility index (Phi) is 10.6. The first kappa shape index (κ1) is 34.7. The van der Waals surface area contributed by atoms with Crippen molar-refractivity contribution in [3.05, 3.63) is 72.1 Å². The smallest absolute Gasteiger partial charge is 0.308 e. The van der Waals surface area contributed by atoms with E-state index in [0.29, 0.717) is 23.7 Å². The van der Waals surface area contributed by atoms with Gasteiger partial charge in [0.25, 0.3) is 11.8 Å². The molecule has 11 heteroatoms. The molecule has 0 saturated heterocycles. The summed E-state index contributed by atoms with van der Waals surface area (Å²) in [4.78, 5) is 49.6. The quantitative estimate of drug-likeness (QED) is 0.194. The Labute approximate surface area is 292 Å². The SMILES string of the molecule is Cn1c(C(=O)N[C@H]2CCCC[C@H]2C(=O)N[C@H](C#N)C2CC2)cc2ccccc21.Cn1c(C(=O)N[C@H]2CCCC[C@H]2C(=O)O)cc2ccccc21. The average Bonchev–Trinajstić information content (AvgIpc) is 3.84. The fraction of sp³-hybridized carbons (Fsp3) is 0.462. The highest BCUT2D eigenvalue weighted by Gasteiger charge is 2.37. The van der Waals surface area contributed by atoms with Crippen LogP contribution in [0.4, 0.5) is 0 Å². The highest BCUT2D eigenvalue weighted by molar-refractivity contribution is 6.00. The van der Waals surface area contributed by atoms with Crippen molar-refractivity contribution in [1.82, 2.24) is 25.1 Å². The van der Waals surface area contributed by atoms with Crippen LogP contribution in [0.15, 0.2) is 60.7 Å². The van der Waals surface area contributed by atoms with E-state index in [1.807, 2.05) is 83.9 Å². The number of nitrogens with zero attached hydrogens (tertiary/aromatic N) is 3. The van der Waals surface area contributed by atoms with Gasteiger partial charge in [0.05, 0.1) is 17.9 Å². The van der Waals surface area contributed by atoms with Crippen LogP contribution in [-0.4, -0.2) is 56.1 Å². The third kappa shape index (κ3) is 7.54. The number of carbonyl (C=O) groups excluding carboxylic acids is 3. The molecule has 3 aliphatic carbocycles. The van der Waals surface area contributed by atoms with Crippen LogP contribution >= 0.6 is 0 Å². The number of carbonyl (C=O) groups is 4. The number of nitriles is 1. The van der Waals surface area contributed by atoms with Gasteiger partial charge in [0, 0.05) is 48.0 Å². The second kappa shape index (κ2) is 15.2. The minimum absolute atomic E-state index is 0.0968. The van der Waals surface area contributed by atoms with Crippen molar-refractivity contribution in [1.29, 1.82) is 5.26 Å². The number of aliphatic carboxylic acids is 1. The number of amides is 3. The maximum atomic E-state index is 13.0. The molecule has 0 bridgehead atoms. The minimum Gasteiger partial charge on any atom is -0.481 e. The number of para-hydroxylation sites is 2. The lowest BCUT2D eigenvalue weighted by Gasteiger charge is -2.31. The molecule has 262 valence electrons. The number of carboxylic acids is 1. The topological polar surface area (TPSA) is 158 Å². The Hall–Kier alpha value is -5.11. The van der Waals surface area contributed by atoms with E-state index in [2.05, 4.69) is 22.0 Å². The first-order valence-corrected chi connectivity index (χ1v) is 17.8. The molecule has 3 saturated carbocycles. The molecule has 5 atom stereocenters. The zero-order chi connectivity index (χ0) is 35.4. The number of carboxylic acid groups (broad SMARTS) is 1. The van der Waals surface area contributed by atoms with Crippen molar-refractivity contribution in [3.63, 3.8) is 0 Å². The number of aryl methyl sites for hydroxylation is 2. The van der Waals surface area contributed by atoms with Crippen LogP contribution in [0.3, 0.4) is 0 Å². The average molecular weight is 679 g/mol. The molecule has 0 radical (unpaired) electrons. The van der Waals surface area contributed by atoms with Crippen molar-refractivity contribution < 1.29 is 24.3 Å². The molecule has 2 heterocycles. The van der Waals surface area contributed by atoms with E-state index in [1.54, 1.807) is 0 Å². The molecule has 2 aromatic carbocycles. The molecule has 2 aromatic heterocycles. The Bertz CT molecular complexity index is 1930. The predicted octanol–water partition coefficient (Wildman–Crippen LogP) is 5.44. The number of aromatic nitrogens is 2. The maximum Gasteiger partial charge on any atom is 0.308 e. The van der Waals surface area contributed by atoms with Crippen LogP contribution in [0.25, 0.3) is 21.8 Å². The fourth-order valence-electron chi connectivity index (χ4n) is 7.66. The molecule has 3 fully saturated rings. The minimum atomic E-state index is -0.818. The van der Waals surface area contributed by atoms with Crippen LogP contribution in [0.2, 0.25) is 0 Å². The number of benzene rings is 2. The second-order valence-electron chi connectivity index (χ2n) is 14.0. The number of hydrogen-bond acceptors (Lipinski definition) is 5. The largest absolute Gasteiger partial charge is 0.481 e. The normalized spacial score (nSPS) is 22.4. The highest BCUT2D eigenvalue weighted by atomic mass is 16.4. The van der Waals surface area contributed by atoms with E-state index < -0.39 is 17.9 Å². The molecule has 4 aromatic rings. The Morgan fingerprint density at radius 3 is 1.64 bits per heavy atom. The van der Waals surface area contributed by atoms with Crippen molar-refractivity contribution >= 4 is 45.5 Å². The standard InChI is InChI=1S/C22H26N4O2.C17H20N2O3/c1-26-19-9-5-2-6-15(19)12-20(26)22(28)24-17-8-4-3-7-16(17)21(27)25-18(13-23)14-10-11-14;1-19-14-9-5-2-6-11(14)10-15(19)16(20)18-13-8-4-3-7-12(13)17(21)22/h2,5-6,9,12,14,16-18H,3-4,7-8,10-11H2,1H3,(H,24,28)(H,25,27);2,5-6,9-10,12-13H,3-4,7-8H2,1H3,(H,18,20)(H,21,22)/t16-,17+,18-;12-,13+/m11/s1. The third-order valence-electron chi connectivity index (χ3n) is 10.7. The van der Waals surface area contributed by atoms with E-state index in [9.17, 15) is 29.5 Å². The summed E-state index contributed by atoms with van der Waals surface area (Å²) in [6.07, 6.45) is 8.74. The molecular weight excluding hydrogens is 632 g/mol. The number of hydrogen-bond donors (Lipinski definition) is 4. The van der Waals surface area contributed by atoms with Crippen molar-refractivity contribution in [3.8, 4) is 6.07 Å². The lowest BCUT2D eigenvalue weighted by molar-refractivity contribution is -0.143. The molecule has 50 heavy (non-hydrogen) atoms. The van der Waals surface area contributed by atoms with E-state index in [1.165, 1.54) is 0 Å². The molecule has 11 nitrogen and oxygen atoms in total. The Morgan fingerprint density at radius 2 is 1.18 bits per heavy atom. The molecule has 0 spiro atoms. The third-order valence-corrected chi connectivity index (χ3v) is 10.7. The van der Waals surface area contributed by atoms with Crippen LogP contribution in [0.5, 0.6) is 0 Å². The molecule has 7 rings (SSSR count). The predicted molar refractivity (Wildman–Crippen MR) is 190 cm³/mol. The van der Waals surface area contributed by atoms with Gasteiger partial charge in [-0.3, -0.25) is 19.2 Å². The molecule has 3 amide bonds. The lowest BCUT2D eigenvalue weighted by atomic mass is 9.83. The summed E-state index contributed by atoms with van der Waals surface area (Å²) >= 11 is 0. The summed E-state index contributed by atoms with van der Waals surface area (Å²) in [7, 11) is 3.74. The van der Waals surface area contributed by atoms with Gasteiger partial charge in [0.2, 0.25) is 5.91 Å². The zero-order valence-electron chi connectivity index (χ0n) is 28.7. The van der Waals surface area contributed by atoms with Gasteiger partial charge in [-0.15, -0.1) is 0 Å². The summed E-state index contributed by atoms with van der Waals surface area (Å²) in [6, 6.07) is 20.8. The van der Waals surface area contributed by atoms with Gasteiger partial charge < -0.3 is 30.2 Å². The molecule has 4 N–H and O–H groups in total. The van der Waals surface area contributed by atoms with Crippen molar-refractivity contribution in [2.24, 2.45) is 31.8 Å². The van der Waals surface area contributed by atoms with E-state index >= 15 is 0 Å². The van der Waals surface area contributed by atoms with Crippen LogP contribution in [-0.2, 0) is 23.7 Å². The molecular formula is C39H46N6O5. The van der Waals surface area contributed by atoms with Gasteiger partial charge in [0.15, 0.2) is 0 Å². The van der Waals surface area contributed by atoms with Crippen LogP contribution in [0.1, 0.15) is 85.2 Å². The summed E-state index contributed by atoms with van der Waals surface area (Å²) in [5.41, 5.74) is 3.16. The van der Waals surface area contributed by atoms with Gasteiger partial charge in [-0.1, -0.05) is 62.1 Å². The molecule has 0 unspecified atom stereocenters. The Balaban J connectivity index is 0.000000178. The van der Waals surface area contributed by atoms with Crippen molar-refractivity contribution in [2.75, 3.05) is 0 Å². The molecule has 0 aliphatic heterocycles. The van der Waals surface area contributed by atoms with Crippen LogP contribution < -0.4 is 16.0 Å². The summed E-state index contributed by atoms with van der Waals surface area (Å²) in [5.74, 6) is -1.72. The van der Waals surface area contributed by atoms with Gasteiger partial charge >= 0.3 is 5.97 Å². The number of fused-ring (bicyclic) bond motifs is 2. The number of nitrogens with one attached hydrogen (secondary N) is 3. The second-order valence-corrected chi connectivity index (χ2v) is 14.0. The molecule has 3 aliphatic rings. The van der Waals surface area contributed by atoms with E-state index in [0.717, 1.165) is 79.6 Å². The van der Waals surface area contributed by atoms with Gasteiger partial charge in [-0.2, -0.15) is 5.26 Å². The first-order chi connectivity index (χ1) is 24.2. The zero-order valence-corrected chi connectivity index (χ0v) is 28.7. The first-order valence-electron chi connectivity index (χ1n) is 17.8. The maximum absolute atomic E-state index is 13.0. The summed E-state index contributed by atoms with van der Waals surface area (Å²) < 4.78 is 3.74. The van der Waals surface area contributed by atoms with Gasteiger partial charge in [-0.25, -0.2) is 0 Å². The fourth-order valence-corrected chi connectivity index (χ4v) is 7.66. The van der Waals surface area contributed by atoms with E-state index in [-0.39, 0.29) is 35.7 Å².